The molecule has 2 amide bonds. The standard InChI is InChI=1S/C49H58N4O12/c1-4-25-62-49-44(52(30-33-15-20-42-43(26-33)61-31-60-42)45(56)22-16-32-13-17-35(18-14-32)53(58)59)29-40(51-63-6-3)38-27-34(11-7-9-23-54)37(12-8-10-24-55)46(47(38)49)39-28-36(19-21-41(39)65-49)64-48(57)50-5-2/h4,13-22,26-28,34,37,44,46-47,54-55H,1,5-12,23-25,29-31H2,2-3H3,(H,50,57)/t34-,37+,44-,46+,47+,49+/m0/s1. The van der Waals surface area contributed by atoms with Crippen LogP contribution in [0.2, 0.25) is 0 Å². The molecule has 0 aromatic heterocycles. The Morgan fingerprint density at radius 2 is 1.75 bits per heavy atom. The summed E-state index contributed by atoms with van der Waals surface area (Å²) in [5.74, 6) is -1.05. The van der Waals surface area contributed by atoms with Crippen molar-refractivity contribution in [3.8, 4) is 23.0 Å². The minimum absolute atomic E-state index is 0.00751. The summed E-state index contributed by atoms with van der Waals surface area (Å²) in [4.78, 5) is 46.4. The molecule has 16 nitrogen and oxygen atoms in total. The summed E-state index contributed by atoms with van der Waals surface area (Å²) in [6.45, 7) is 8.63. The molecule has 0 saturated heterocycles. The number of allylic oxidation sites excluding steroid dienone is 1. The van der Waals surface area contributed by atoms with E-state index in [1.54, 1.807) is 47.4 Å². The summed E-state index contributed by atoms with van der Waals surface area (Å²) in [5, 5.41) is 38.7. The number of nitrogens with zero attached hydrogens (tertiary/aromatic N) is 3. The van der Waals surface area contributed by atoms with E-state index in [1.807, 2.05) is 32.0 Å². The fourth-order valence-electron chi connectivity index (χ4n) is 9.69. The largest absolute Gasteiger partial charge is 0.459 e. The molecule has 3 aromatic carbocycles. The second-order valence-electron chi connectivity index (χ2n) is 16.4. The molecule has 6 atom stereocenters. The summed E-state index contributed by atoms with van der Waals surface area (Å²) in [6, 6.07) is 15.9. The van der Waals surface area contributed by atoms with Crippen LogP contribution in [0.25, 0.3) is 6.08 Å². The number of nitrogens with one attached hydrogen (secondary N) is 1. The molecule has 4 aliphatic rings. The molecule has 0 unspecified atom stereocenters. The maximum absolute atomic E-state index is 15.1. The van der Waals surface area contributed by atoms with Gasteiger partial charge in [-0.1, -0.05) is 36.2 Å². The van der Waals surface area contributed by atoms with Crippen molar-refractivity contribution in [3.63, 3.8) is 0 Å². The zero-order valence-corrected chi connectivity index (χ0v) is 36.9. The average molecular weight is 895 g/mol. The lowest BCUT2D eigenvalue weighted by molar-refractivity contribution is -0.384. The van der Waals surface area contributed by atoms with Gasteiger partial charge in [-0.25, -0.2) is 4.79 Å². The first-order valence-corrected chi connectivity index (χ1v) is 22.4. The number of amides is 2. The number of hydrogen-bond donors (Lipinski definition) is 3. The van der Waals surface area contributed by atoms with Crippen LogP contribution in [0.1, 0.15) is 81.4 Å². The average Bonchev–Trinajstić information content (AvgIpc) is 3.78. The van der Waals surface area contributed by atoms with E-state index in [4.69, 9.17) is 33.7 Å². The predicted molar refractivity (Wildman–Crippen MR) is 242 cm³/mol. The van der Waals surface area contributed by atoms with Crippen molar-refractivity contribution in [1.82, 2.24) is 10.2 Å². The van der Waals surface area contributed by atoms with Gasteiger partial charge in [0.15, 0.2) is 11.5 Å². The highest BCUT2D eigenvalue weighted by molar-refractivity contribution is 6.03. The third-order valence-corrected chi connectivity index (χ3v) is 12.5. The molecule has 65 heavy (non-hydrogen) atoms. The van der Waals surface area contributed by atoms with Gasteiger partial charge in [0.05, 0.1) is 23.2 Å². The Labute approximate surface area is 378 Å². The number of aliphatic hydroxyl groups is 2. The molecule has 1 saturated carbocycles. The van der Waals surface area contributed by atoms with Crippen LogP contribution < -0.4 is 24.3 Å². The van der Waals surface area contributed by atoms with E-state index in [-0.39, 0.29) is 69.6 Å². The molecule has 16 heteroatoms. The maximum Gasteiger partial charge on any atom is 0.412 e. The summed E-state index contributed by atoms with van der Waals surface area (Å²) in [6.07, 6.45) is 10.7. The number of carbonyl (C=O) groups excluding carboxylic acids is 2. The van der Waals surface area contributed by atoms with Gasteiger partial charge in [-0.15, -0.1) is 6.58 Å². The lowest BCUT2D eigenvalue weighted by atomic mass is 9.55. The molecular formula is C49H58N4O12. The number of rotatable bonds is 21. The van der Waals surface area contributed by atoms with Gasteiger partial charge in [0.25, 0.3) is 5.69 Å². The number of oxime groups is 1. The fourth-order valence-corrected chi connectivity index (χ4v) is 9.69. The van der Waals surface area contributed by atoms with E-state index < -0.39 is 34.7 Å². The van der Waals surface area contributed by atoms with Crippen molar-refractivity contribution in [3.05, 3.63) is 118 Å². The molecule has 0 spiro atoms. The smallest absolute Gasteiger partial charge is 0.412 e. The molecule has 3 N–H and O–H groups in total. The highest BCUT2D eigenvalue weighted by Crippen LogP contribution is 2.62. The second-order valence-corrected chi connectivity index (χ2v) is 16.4. The number of nitro groups is 1. The Morgan fingerprint density at radius 3 is 2.48 bits per heavy atom. The van der Waals surface area contributed by atoms with E-state index >= 15 is 4.79 Å². The summed E-state index contributed by atoms with van der Waals surface area (Å²) in [7, 11) is 0. The number of unbranched alkanes of at least 4 members (excludes halogenated alkanes) is 2. The van der Waals surface area contributed by atoms with Crippen LogP contribution in [0.5, 0.6) is 23.0 Å². The van der Waals surface area contributed by atoms with Crippen LogP contribution in [0.15, 0.2) is 96.2 Å². The zero-order valence-electron chi connectivity index (χ0n) is 36.9. The molecule has 2 aliphatic heterocycles. The Kier molecular flexibility index (Phi) is 15.6. The number of carbonyl (C=O) groups is 2. The van der Waals surface area contributed by atoms with Crippen LogP contribution in [0.3, 0.4) is 0 Å². The van der Waals surface area contributed by atoms with Crippen LogP contribution in [-0.2, 0) is 20.9 Å². The van der Waals surface area contributed by atoms with Crippen molar-refractivity contribution in [2.75, 3.05) is 39.8 Å². The number of non-ortho nitro benzene ring substituents is 1. The van der Waals surface area contributed by atoms with Gasteiger partial charge in [0.1, 0.15) is 24.1 Å². The Bertz CT molecular complexity index is 2280. The first-order valence-electron chi connectivity index (χ1n) is 22.4. The maximum atomic E-state index is 15.1. The van der Waals surface area contributed by atoms with Crippen molar-refractivity contribution in [1.29, 1.82) is 0 Å². The molecule has 0 bridgehead atoms. The Hall–Kier alpha value is -6.23. The van der Waals surface area contributed by atoms with Crippen LogP contribution in [0.4, 0.5) is 10.5 Å². The number of nitro benzene ring substituents is 1. The monoisotopic (exact) mass is 894 g/mol. The molecule has 346 valence electrons. The van der Waals surface area contributed by atoms with E-state index in [9.17, 15) is 25.1 Å². The Morgan fingerprint density at radius 1 is 1.00 bits per heavy atom. The van der Waals surface area contributed by atoms with E-state index in [2.05, 4.69) is 18.0 Å². The van der Waals surface area contributed by atoms with E-state index in [1.165, 1.54) is 18.2 Å². The Balaban J connectivity index is 1.44. The van der Waals surface area contributed by atoms with Crippen LogP contribution >= 0.6 is 0 Å². The topological polar surface area (TPSA) is 201 Å². The summed E-state index contributed by atoms with van der Waals surface area (Å²) in [5.41, 5.74) is 3.52. The van der Waals surface area contributed by atoms with E-state index in [0.29, 0.717) is 60.1 Å². The third-order valence-electron chi connectivity index (χ3n) is 12.5. The molecule has 2 aliphatic carbocycles. The lowest BCUT2D eigenvalue weighted by Gasteiger charge is -2.60. The minimum Gasteiger partial charge on any atom is -0.459 e. The van der Waals surface area contributed by atoms with E-state index in [0.717, 1.165) is 36.0 Å². The first kappa shape index (κ1) is 46.8. The molecule has 2 heterocycles. The van der Waals surface area contributed by atoms with Crippen molar-refractivity contribution < 1.29 is 53.2 Å². The number of aliphatic hydroxyl groups excluding tert-OH is 2. The third kappa shape index (κ3) is 10.3. The predicted octanol–water partition coefficient (Wildman–Crippen LogP) is 7.83. The normalized spacial score (nSPS) is 23.2. The summed E-state index contributed by atoms with van der Waals surface area (Å²) < 4.78 is 31.6. The highest BCUT2D eigenvalue weighted by Gasteiger charge is 2.65. The quantitative estimate of drug-likeness (QED) is 0.0308. The lowest BCUT2D eigenvalue weighted by Crippen LogP contribution is -2.70. The highest BCUT2D eigenvalue weighted by atomic mass is 16.7. The number of fused-ring (bicyclic) bond motifs is 3. The molecule has 7 rings (SSSR count). The van der Waals surface area contributed by atoms with Crippen molar-refractivity contribution >= 4 is 29.5 Å². The first-order chi connectivity index (χ1) is 31.6. The van der Waals surface area contributed by atoms with Crippen molar-refractivity contribution in [2.45, 2.75) is 83.1 Å². The molecule has 3 aromatic rings. The minimum atomic E-state index is -1.57. The number of benzene rings is 3. The van der Waals surface area contributed by atoms with Gasteiger partial charge >= 0.3 is 6.09 Å². The fraction of sp³-hybridized carbons (Fsp3) is 0.449. The number of ether oxygens (including phenoxy) is 5. The molecule has 1 fully saturated rings. The number of hydrogen-bond acceptors (Lipinski definition) is 13. The molecule has 0 radical (unpaired) electrons. The van der Waals surface area contributed by atoms with Gasteiger partial charge in [0, 0.05) is 62.4 Å². The van der Waals surface area contributed by atoms with Gasteiger partial charge in [-0.3, -0.25) is 14.9 Å². The SMILES string of the molecule is C=CCO[C@@]12Oc3ccc(OC(=O)NCC)cc3[C@H]3[C@H](CCCCO)[C@@H](CCCCO)C=C(C(=NOCC)C[C@@H]1N(Cc1ccc4c(c1)OCO4)C(=O)C=Cc1ccc([N+](=O)[O-])cc1)[C@H]32. The van der Waals surface area contributed by atoms with Crippen LogP contribution in [0, 0.1) is 27.9 Å². The second kappa shape index (κ2) is 21.6. The van der Waals surface area contributed by atoms with Gasteiger partial charge in [-0.05, 0) is 117 Å². The van der Waals surface area contributed by atoms with Crippen LogP contribution in [-0.4, -0.2) is 89.3 Å². The van der Waals surface area contributed by atoms with Gasteiger partial charge in [0.2, 0.25) is 18.5 Å². The zero-order chi connectivity index (χ0) is 45.9. The summed E-state index contributed by atoms with van der Waals surface area (Å²) >= 11 is 0. The molecular weight excluding hydrogens is 837 g/mol. The van der Waals surface area contributed by atoms with Gasteiger partial charge in [-0.2, -0.15) is 0 Å². The van der Waals surface area contributed by atoms with Gasteiger partial charge < -0.3 is 49.0 Å². The van der Waals surface area contributed by atoms with Crippen molar-refractivity contribution in [2.24, 2.45) is 22.9 Å².